The van der Waals surface area contributed by atoms with Gasteiger partial charge in [0.25, 0.3) is 0 Å². The van der Waals surface area contributed by atoms with E-state index in [9.17, 15) is 8.42 Å². The molecule has 0 aliphatic carbocycles. The highest BCUT2D eigenvalue weighted by Crippen LogP contribution is 2.21. The van der Waals surface area contributed by atoms with Crippen molar-refractivity contribution in [2.24, 2.45) is 4.99 Å². The van der Waals surface area contributed by atoms with Crippen LogP contribution in [-0.4, -0.2) is 43.8 Å². The second kappa shape index (κ2) is 9.69. The summed E-state index contributed by atoms with van der Waals surface area (Å²) >= 11 is 1.68. The standard InChI is InChI=1S/C20H29N5O2S2/c1-15-19(28-16(2)24-15)14-23-20(21-3)22-13-17-7-9-18(10-8-17)29(26,27)25-11-5-4-6-12-25/h7-10H,4-6,11-14H2,1-3H3,(H2,21,22,23). The number of guanidine groups is 1. The average Bonchev–Trinajstić information content (AvgIpc) is 3.06. The molecule has 29 heavy (non-hydrogen) atoms. The fraction of sp³-hybridized carbons (Fsp3) is 0.500. The number of nitrogens with one attached hydrogen (secondary N) is 2. The van der Waals surface area contributed by atoms with Crippen molar-refractivity contribution in [2.45, 2.75) is 51.1 Å². The maximum absolute atomic E-state index is 12.7. The molecule has 0 bridgehead atoms. The minimum atomic E-state index is -3.38. The summed E-state index contributed by atoms with van der Waals surface area (Å²) in [5.41, 5.74) is 2.04. The molecule has 2 N–H and O–H groups in total. The van der Waals surface area contributed by atoms with E-state index in [4.69, 9.17) is 0 Å². The number of piperidine rings is 1. The van der Waals surface area contributed by atoms with Crippen LogP contribution in [0.25, 0.3) is 0 Å². The Balaban J connectivity index is 1.55. The molecule has 1 aliphatic heterocycles. The van der Waals surface area contributed by atoms with Crippen LogP contribution in [0, 0.1) is 13.8 Å². The molecule has 0 amide bonds. The molecule has 0 saturated carbocycles. The number of aromatic nitrogens is 1. The summed E-state index contributed by atoms with van der Waals surface area (Å²) in [6.07, 6.45) is 2.98. The van der Waals surface area contributed by atoms with Crippen molar-refractivity contribution in [2.75, 3.05) is 20.1 Å². The molecule has 1 aromatic heterocycles. The van der Waals surface area contributed by atoms with Crippen molar-refractivity contribution >= 4 is 27.3 Å². The monoisotopic (exact) mass is 435 g/mol. The van der Waals surface area contributed by atoms with Crippen LogP contribution in [0.15, 0.2) is 34.2 Å². The summed E-state index contributed by atoms with van der Waals surface area (Å²) in [7, 11) is -1.65. The van der Waals surface area contributed by atoms with Crippen molar-refractivity contribution in [3.05, 3.63) is 45.4 Å². The van der Waals surface area contributed by atoms with Crippen LogP contribution in [0.4, 0.5) is 0 Å². The van der Waals surface area contributed by atoms with Crippen molar-refractivity contribution < 1.29 is 8.42 Å². The van der Waals surface area contributed by atoms with Crippen LogP contribution in [0.2, 0.25) is 0 Å². The van der Waals surface area contributed by atoms with E-state index >= 15 is 0 Å². The van der Waals surface area contributed by atoms with Gasteiger partial charge < -0.3 is 10.6 Å². The first-order valence-corrected chi connectivity index (χ1v) is 12.1. The Kier molecular flexibility index (Phi) is 7.26. The maximum atomic E-state index is 12.7. The first-order valence-electron chi connectivity index (χ1n) is 9.86. The Hall–Kier alpha value is -1.97. The van der Waals surface area contributed by atoms with E-state index in [-0.39, 0.29) is 0 Å². The Morgan fingerprint density at radius 2 is 1.76 bits per heavy atom. The predicted octanol–water partition coefficient (Wildman–Crippen LogP) is 2.80. The lowest BCUT2D eigenvalue weighted by atomic mass is 10.2. The van der Waals surface area contributed by atoms with E-state index in [2.05, 4.69) is 20.6 Å². The molecule has 0 spiro atoms. The number of hydrogen-bond acceptors (Lipinski definition) is 5. The van der Waals surface area contributed by atoms with Gasteiger partial charge in [0, 0.05) is 31.6 Å². The fourth-order valence-corrected chi connectivity index (χ4v) is 5.74. The van der Waals surface area contributed by atoms with E-state index in [1.807, 2.05) is 26.0 Å². The van der Waals surface area contributed by atoms with Gasteiger partial charge in [-0.3, -0.25) is 4.99 Å². The molecule has 158 valence electrons. The molecule has 1 aromatic carbocycles. The largest absolute Gasteiger partial charge is 0.352 e. The molecule has 0 unspecified atom stereocenters. The predicted molar refractivity (Wildman–Crippen MR) is 118 cm³/mol. The number of hydrogen-bond donors (Lipinski definition) is 2. The molecular formula is C20H29N5O2S2. The van der Waals surface area contributed by atoms with E-state index in [1.54, 1.807) is 34.8 Å². The van der Waals surface area contributed by atoms with E-state index in [1.165, 1.54) is 4.88 Å². The van der Waals surface area contributed by atoms with Crippen molar-refractivity contribution in [1.82, 2.24) is 19.9 Å². The van der Waals surface area contributed by atoms with Crippen molar-refractivity contribution in [1.29, 1.82) is 0 Å². The van der Waals surface area contributed by atoms with Gasteiger partial charge in [0.1, 0.15) is 0 Å². The van der Waals surface area contributed by atoms with Crippen LogP contribution in [0.3, 0.4) is 0 Å². The van der Waals surface area contributed by atoms with Crippen LogP contribution in [-0.2, 0) is 23.1 Å². The van der Waals surface area contributed by atoms with Gasteiger partial charge in [-0.25, -0.2) is 13.4 Å². The quantitative estimate of drug-likeness (QED) is 0.538. The highest BCUT2D eigenvalue weighted by Gasteiger charge is 2.25. The lowest BCUT2D eigenvalue weighted by Gasteiger charge is -2.25. The number of thiazole rings is 1. The van der Waals surface area contributed by atoms with Crippen LogP contribution < -0.4 is 10.6 Å². The lowest BCUT2D eigenvalue weighted by molar-refractivity contribution is 0.346. The number of benzene rings is 1. The number of nitrogens with zero attached hydrogens (tertiary/aromatic N) is 3. The lowest BCUT2D eigenvalue weighted by Crippen LogP contribution is -2.36. The highest BCUT2D eigenvalue weighted by molar-refractivity contribution is 7.89. The van der Waals surface area contributed by atoms with Crippen LogP contribution >= 0.6 is 11.3 Å². The number of aliphatic imine (C=N–C) groups is 1. The minimum Gasteiger partial charge on any atom is -0.352 e. The van der Waals surface area contributed by atoms with E-state index < -0.39 is 10.0 Å². The smallest absolute Gasteiger partial charge is 0.243 e. The van der Waals surface area contributed by atoms with Gasteiger partial charge in [-0.15, -0.1) is 11.3 Å². The zero-order valence-electron chi connectivity index (χ0n) is 17.2. The first-order chi connectivity index (χ1) is 13.9. The number of rotatable bonds is 6. The minimum absolute atomic E-state index is 0.363. The Labute approximate surface area is 177 Å². The number of aryl methyl sites for hydroxylation is 2. The molecule has 0 radical (unpaired) electrons. The van der Waals surface area contributed by atoms with Crippen molar-refractivity contribution in [3.63, 3.8) is 0 Å². The fourth-order valence-electron chi connectivity index (χ4n) is 3.34. The summed E-state index contributed by atoms with van der Waals surface area (Å²) in [6, 6.07) is 7.10. The average molecular weight is 436 g/mol. The van der Waals surface area contributed by atoms with E-state index in [0.717, 1.165) is 35.5 Å². The Morgan fingerprint density at radius 1 is 1.10 bits per heavy atom. The van der Waals surface area contributed by atoms with Crippen LogP contribution in [0.5, 0.6) is 0 Å². The SMILES string of the molecule is CN=C(NCc1ccc(S(=O)(=O)N2CCCCC2)cc1)NCc1sc(C)nc1C. The summed E-state index contributed by atoms with van der Waals surface area (Å²) in [5, 5.41) is 7.62. The first kappa shape index (κ1) is 21.7. The van der Waals surface area contributed by atoms with Crippen molar-refractivity contribution in [3.8, 4) is 0 Å². The third-order valence-electron chi connectivity index (χ3n) is 4.98. The van der Waals surface area contributed by atoms with Gasteiger partial charge in [0.15, 0.2) is 5.96 Å². The molecule has 1 saturated heterocycles. The third kappa shape index (κ3) is 5.55. The third-order valence-corrected chi connectivity index (χ3v) is 7.96. The molecule has 2 aromatic rings. The van der Waals surface area contributed by atoms with Gasteiger partial charge in [0.2, 0.25) is 10.0 Å². The zero-order chi connectivity index (χ0) is 20.9. The summed E-state index contributed by atoms with van der Waals surface area (Å²) in [5.74, 6) is 0.695. The molecule has 1 fully saturated rings. The molecule has 1 aliphatic rings. The summed E-state index contributed by atoms with van der Waals surface area (Å²) in [6.45, 7) is 6.48. The van der Waals surface area contributed by atoms with Gasteiger partial charge in [0.05, 0.1) is 22.1 Å². The topological polar surface area (TPSA) is 86.7 Å². The molecule has 3 rings (SSSR count). The number of sulfonamides is 1. The summed E-state index contributed by atoms with van der Waals surface area (Å²) < 4.78 is 27.1. The van der Waals surface area contributed by atoms with Gasteiger partial charge >= 0.3 is 0 Å². The molecule has 2 heterocycles. The molecule has 9 heteroatoms. The van der Waals surface area contributed by atoms with Crippen LogP contribution in [0.1, 0.15) is 40.4 Å². The molecular weight excluding hydrogens is 406 g/mol. The molecule has 0 atom stereocenters. The van der Waals surface area contributed by atoms with Gasteiger partial charge in [-0.2, -0.15) is 4.31 Å². The van der Waals surface area contributed by atoms with Gasteiger partial charge in [-0.1, -0.05) is 18.6 Å². The highest BCUT2D eigenvalue weighted by atomic mass is 32.2. The summed E-state index contributed by atoms with van der Waals surface area (Å²) in [4.78, 5) is 10.2. The zero-order valence-corrected chi connectivity index (χ0v) is 18.9. The normalized spacial score (nSPS) is 16.0. The van der Waals surface area contributed by atoms with Gasteiger partial charge in [-0.05, 0) is 44.4 Å². The Morgan fingerprint density at radius 3 is 2.34 bits per heavy atom. The second-order valence-electron chi connectivity index (χ2n) is 7.13. The second-order valence-corrected chi connectivity index (χ2v) is 10.4. The Bertz CT molecular complexity index is 946. The maximum Gasteiger partial charge on any atom is 0.243 e. The molecule has 7 nitrogen and oxygen atoms in total. The van der Waals surface area contributed by atoms with E-state index in [0.29, 0.717) is 37.0 Å².